The van der Waals surface area contributed by atoms with E-state index < -0.39 is 10.1 Å². The van der Waals surface area contributed by atoms with Gasteiger partial charge in [0, 0.05) is 31.9 Å². The van der Waals surface area contributed by atoms with E-state index in [4.69, 9.17) is 4.55 Å². The van der Waals surface area contributed by atoms with Crippen molar-refractivity contribution in [3.63, 3.8) is 0 Å². The fraction of sp³-hybridized carbons (Fsp3) is 0.517. The van der Waals surface area contributed by atoms with Gasteiger partial charge in [-0.05, 0) is 61.2 Å². The van der Waals surface area contributed by atoms with Crippen molar-refractivity contribution in [2.24, 2.45) is 0 Å². The number of hydrogen-bond donors (Lipinski definition) is 1. The first-order valence-corrected chi connectivity index (χ1v) is 14.8. The zero-order valence-corrected chi connectivity index (χ0v) is 22.4. The largest absolute Gasteiger partial charge is 0.374 e. The molecule has 2 rings (SSSR count). The van der Waals surface area contributed by atoms with Crippen LogP contribution < -0.4 is 4.90 Å². The third kappa shape index (κ3) is 12.8. The van der Waals surface area contributed by atoms with Crippen molar-refractivity contribution in [3.8, 4) is 0 Å². The molecule has 5 nitrogen and oxygen atoms in total. The van der Waals surface area contributed by atoms with E-state index in [1.54, 1.807) is 0 Å². The molecule has 194 valence electrons. The van der Waals surface area contributed by atoms with Crippen LogP contribution in [0.25, 0.3) is 6.08 Å². The lowest BCUT2D eigenvalue weighted by atomic mass is 10.1. The molecule has 0 bridgehead atoms. The van der Waals surface area contributed by atoms with E-state index in [1.807, 2.05) is 6.20 Å². The number of rotatable bonds is 17. The van der Waals surface area contributed by atoms with Crippen molar-refractivity contribution >= 4 is 21.9 Å². The Morgan fingerprint density at radius 2 is 1.57 bits per heavy atom. The molecule has 6 heteroatoms. The number of anilines is 1. The highest BCUT2D eigenvalue weighted by Crippen LogP contribution is 2.18. The first-order valence-electron chi connectivity index (χ1n) is 13.2. The van der Waals surface area contributed by atoms with Crippen molar-refractivity contribution in [1.82, 2.24) is 4.90 Å². The van der Waals surface area contributed by atoms with E-state index in [0.717, 1.165) is 38.2 Å². The molecule has 0 amide bonds. The van der Waals surface area contributed by atoms with E-state index in [2.05, 4.69) is 84.4 Å². The summed E-state index contributed by atoms with van der Waals surface area (Å²) >= 11 is 0. The molecule has 35 heavy (non-hydrogen) atoms. The lowest BCUT2D eigenvalue weighted by Crippen LogP contribution is -2.25. The molecule has 1 N–H and O–H groups in total. The summed E-state index contributed by atoms with van der Waals surface area (Å²) in [5.41, 5.74) is 3.68. The van der Waals surface area contributed by atoms with E-state index >= 15 is 0 Å². The van der Waals surface area contributed by atoms with Crippen molar-refractivity contribution in [1.29, 1.82) is 0 Å². The number of nitrogens with zero attached hydrogens (tertiary/aromatic N) is 2. The quantitative estimate of drug-likeness (QED) is 0.144. The molecule has 0 saturated carbocycles. The van der Waals surface area contributed by atoms with E-state index in [1.165, 1.54) is 49.8 Å². The lowest BCUT2D eigenvalue weighted by Gasteiger charge is -2.25. The molecule has 0 spiro atoms. The second kappa shape index (κ2) is 16.4. The summed E-state index contributed by atoms with van der Waals surface area (Å²) in [4.78, 5) is 4.69. The zero-order valence-electron chi connectivity index (χ0n) is 21.6. The number of allylic oxidation sites excluding steroid dienone is 5. The van der Waals surface area contributed by atoms with Gasteiger partial charge in [-0.25, -0.2) is 0 Å². The molecule has 0 aromatic heterocycles. The maximum absolute atomic E-state index is 10.8. The molecule has 1 heterocycles. The number of unbranched alkanes of at least 4 members (excludes halogenated alkanes) is 5. The molecular weight excluding hydrogens is 456 g/mol. The van der Waals surface area contributed by atoms with Crippen molar-refractivity contribution in [3.05, 3.63) is 72.0 Å². The highest BCUT2D eigenvalue weighted by Gasteiger charge is 2.07. The van der Waals surface area contributed by atoms with E-state index in [0.29, 0.717) is 6.42 Å². The second-order valence-corrected chi connectivity index (χ2v) is 10.8. The number of hydrogen-bond acceptors (Lipinski definition) is 4. The van der Waals surface area contributed by atoms with E-state index in [9.17, 15) is 8.42 Å². The van der Waals surface area contributed by atoms with Crippen LogP contribution in [0.2, 0.25) is 0 Å². The van der Waals surface area contributed by atoms with Crippen LogP contribution in [-0.4, -0.2) is 49.8 Å². The molecule has 0 saturated heterocycles. The average Bonchev–Trinajstić information content (AvgIpc) is 2.84. The highest BCUT2D eigenvalue weighted by atomic mass is 32.2. The molecule has 1 aliphatic heterocycles. The summed E-state index contributed by atoms with van der Waals surface area (Å²) in [6.45, 7) is 8.38. The van der Waals surface area contributed by atoms with Crippen LogP contribution in [-0.2, 0) is 10.1 Å². The van der Waals surface area contributed by atoms with Crippen molar-refractivity contribution in [2.45, 2.75) is 65.2 Å². The maximum Gasteiger partial charge on any atom is 0.264 e. The minimum absolute atomic E-state index is 0.167. The van der Waals surface area contributed by atoms with Crippen molar-refractivity contribution < 1.29 is 13.0 Å². The Kier molecular flexibility index (Phi) is 13.5. The van der Waals surface area contributed by atoms with Gasteiger partial charge >= 0.3 is 0 Å². The summed E-state index contributed by atoms with van der Waals surface area (Å²) in [6.07, 6.45) is 23.4. The van der Waals surface area contributed by atoms with Crippen LogP contribution in [0.3, 0.4) is 0 Å². The first-order chi connectivity index (χ1) is 16.9. The fourth-order valence-electron chi connectivity index (χ4n) is 4.04. The van der Waals surface area contributed by atoms with Gasteiger partial charge in [0.15, 0.2) is 0 Å². The predicted molar refractivity (Wildman–Crippen MR) is 150 cm³/mol. The Morgan fingerprint density at radius 1 is 0.914 bits per heavy atom. The molecule has 1 aliphatic rings. The highest BCUT2D eigenvalue weighted by molar-refractivity contribution is 7.85. The third-order valence-electron chi connectivity index (χ3n) is 6.15. The summed E-state index contributed by atoms with van der Waals surface area (Å²) in [5.74, 6) is -0.167. The van der Waals surface area contributed by atoms with Gasteiger partial charge < -0.3 is 9.80 Å². The summed E-state index contributed by atoms with van der Waals surface area (Å²) in [5, 5.41) is 0. The Morgan fingerprint density at radius 3 is 2.14 bits per heavy atom. The van der Waals surface area contributed by atoms with Crippen LogP contribution in [0.4, 0.5) is 5.69 Å². The van der Waals surface area contributed by atoms with Gasteiger partial charge in [0.2, 0.25) is 0 Å². The van der Waals surface area contributed by atoms with Crippen LogP contribution in [0.15, 0.2) is 66.4 Å². The predicted octanol–water partition coefficient (Wildman–Crippen LogP) is 6.87. The normalized spacial score (nSPS) is 14.3. The standard InChI is InChI=1S/C29H44N2O3S/c1-3-5-9-22-31(23-10-6-4-2)29-17-15-27(16-18-29)13-7-8-14-28-19-24-30(25-20-28)21-11-12-26-35(32,33)34/h7-8,13-20,24H,3-6,9-12,21-23,25-26H2,1-2H3,(H,32,33,34). The molecule has 0 fully saturated rings. The Labute approximate surface area is 213 Å². The van der Waals surface area contributed by atoms with Gasteiger partial charge in [0.1, 0.15) is 0 Å². The molecule has 0 unspecified atom stereocenters. The minimum Gasteiger partial charge on any atom is -0.374 e. The van der Waals surface area contributed by atoms with Gasteiger partial charge in [-0.15, -0.1) is 0 Å². The summed E-state index contributed by atoms with van der Waals surface area (Å²) in [6, 6.07) is 8.90. The van der Waals surface area contributed by atoms with Crippen LogP contribution in [0.1, 0.15) is 70.8 Å². The molecule has 1 aromatic carbocycles. The monoisotopic (exact) mass is 500 g/mol. The Balaban J connectivity index is 1.79. The fourth-order valence-corrected chi connectivity index (χ4v) is 4.61. The second-order valence-electron chi connectivity index (χ2n) is 9.22. The van der Waals surface area contributed by atoms with Crippen LogP contribution >= 0.6 is 0 Å². The Bertz CT molecular complexity index is 937. The number of benzene rings is 1. The SMILES string of the molecule is CCCCCN(CCCCC)c1ccc(C=CC=CC2=CCN(CCCCS(=O)(=O)O)C=C2)cc1. The maximum atomic E-state index is 10.8. The molecule has 0 aliphatic carbocycles. The van der Waals surface area contributed by atoms with Gasteiger partial charge in [0.05, 0.1) is 5.75 Å². The van der Waals surface area contributed by atoms with Crippen LogP contribution in [0, 0.1) is 0 Å². The topological polar surface area (TPSA) is 60.9 Å². The molecule has 1 aromatic rings. The molecule has 0 atom stereocenters. The summed E-state index contributed by atoms with van der Waals surface area (Å²) in [7, 11) is -3.85. The van der Waals surface area contributed by atoms with Gasteiger partial charge in [-0.2, -0.15) is 8.42 Å². The zero-order chi connectivity index (χ0) is 25.4. The van der Waals surface area contributed by atoms with Crippen LogP contribution in [0.5, 0.6) is 0 Å². The van der Waals surface area contributed by atoms with E-state index in [-0.39, 0.29) is 5.75 Å². The minimum atomic E-state index is -3.85. The average molecular weight is 501 g/mol. The van der Waals surface area contributed by atoms with Gasteiger partial charge in [-0.3, -0.25) is 4.55 Å². The first kappa shape index (κ1) is 28.9. The van der Waals surface area contributed by atoms with Gasteiger partial charge in [0.25, 0.3) is 10.1 Å². The van der Waals surface area contributed by atoms with Gasteiger partial charge in [-0.1, -0.05) is 82.0 Å². The molecule has 0 radical (unpaired) electrons. The van der Waals surface area contributed by atoms with Crippen molar-refractivity contribution in [2.75, 3.05) is 36.8 Å². The smallest absolute Gasteiger partial charge is 0.264 e. The third-order valence-corrected chi connectivity index (χ3v) is 6.95. The lowest BCUT2D eigenvalue weighted by molar-refractivity contribution is 0.398. The summed E-state index contributed by atoms with van der Waals surface area (Å²) < 4.78 is 30.3. The molecular formula is C29H44N2O3S. The Hall–Kier alpha value is -2.31.